The van der Waals surface area contributed by atoms with Gasteiger partial charge in [0.2, 0.25) is 0 Å². The van der Waals surface area contributed by atoms with Crippen molar-refractivity contribution in [1.82, 2.24) is 9.44 Å². The molecule has 1 amide bonds. The Bertz CT molecular complexity index is 672. The Labute approximate surface area is 171 Å². The summed E-state index contributed by atoms with van der Waals surface area (Å²) in [6.45, 7) is -1.45. The maximum Gasteiger partial charge on any atom is 0.421 e. The molecule has 0 aliphatic carbocycles. The van der Waals surface area contributed by atoms with Crippen molar-refractivity contribution in [3.05, 3.63) is 10.4 Å². The number of hydrogen-bond donors (Lipinski definition) is 6. The van der Waals surface area contributed by atoms with Gasteiger partial charge in [-0.25, -0.2) is 9.52 Å². The van der Waals surface area contributed by atoms with Crippen LogP contribution in [0.15, 0.2) is 5.11 Å². The highest BCUT2D eigenvalue weighted by Crippen LogP contribution is 2.21. The lowest BCUT2D eigenvalue weighted by Crippen LogP contribution is -2.59. The molecule has 0 saturated carbocycles. The van der Waals surface area contributed by atoms with Crippen LogP contribution in [0.3, 0.4) is 0 Å². The van der Waals surface area contributed by atoms with E-state index in [1.807, 2.05) is 4.72 Å². The van der Waals surface area contributed by atoms with Gasteiger partial charge in [0.15, 0.2) is 6.29 Å². The van der Waals surface area contributed by atoms with E-state index in [2.05, 4.69) is 14.8 Å². The van der Waals surface area contributed by atoms with Gasteiger partial charge in [-0.3, -0.25) is 0 Å². The summed E-state index contributed by atoms with van der Waals surface area (Å²) in [6, 6.07) is 0. The zero-order valence-electron chi connectivity index (χ0n) is 15.7. The fourth-order valence-corrected chi connectivity index (χ4v) is 2.88. The van der Waals surface area contributed by atoms with Crippen LogP contribution in [-0.4, -0.2) is 112 Å². The van der Waals surface area contributed by atoms with Crippen LogP contribution >= 0.6 is 0 Å². The van der Waals surface area contributed by atoms with E-state index >= 15 is 0 Å². The first-order valence-electron chi connectivity index (χ1n) is 8.66. The third-order valence-electron chi connectivity index (χ3n) is 3.60. The summed E-state index contributed by atoms with van der Waals surface area (Å²) < 4.78 is 46.7. The number of hydrogen-bond acceptors (Lipinski definition) is 12. The monoisotopic (exact) mass is 459 g/mol. The molecule has 1 heterocycles. The van der Waals surface area contributed by atoms with Gasteiger partial charge in [-0.15, -0.1) is 0 Å². The van der Waals surface area contributed by atoms with Crippen molar-refractivity contribution < 1.29 is 52.6 Å². The molecule has 0 spiro atoms. The number of ether oxygens (including phenoxy) is 4. The number of aliphatic hydroxyl groups is 4. The van der Waals surface area contributed by atoms with E-state index in [-0.39, 0.29) is 39.5 Å². The number of carbonyl (C=O) groups excluding carboxylic acids is 1. The molecule has 30 heavy (non-hydrogen) atoms. The standard InChI is InChI=1S/C13H25N5O11S/c14-18-15-1-4-28-13(23)17-30(24,25)16-2-3-26-5-6-27-12-11(22)10(21)9(20)8(7-19)29-12/h8-12,16,19-22H,1-7H2,(H,17,23)/t8-,9-,10+,11-,12-/m1/s1. The fourth-order valence-electron chi connectivity index (χ4n) is 2.18. The Morgan fingerprint density at radius 3 is 2.53 bits per heavy atom. The summed E-state index contributed by atoms with van der Waals surface area (Å²) >= 11 is 0. The molecule has 1 aliphatic heterocycles. The molecule has 1 rings (SSSR count). The van der Waals surface area contributed by atoms with Crippen molar-refractivity contribution in [3.63, 3.8) is 0 Å². The highest BCUT2D eigenvalue weighted by molar-refractivity contribution is 7.88. The van der Waals surface area contributed by atoms with Crippen molar-refractivity contribution in [2.45, 2.75) is 30.7 Å². The molecule has 6 N–H and O–H groups in total. The summed E-state index contributed by atoms with van der Waals surface area (Å²) in [5.41, 5.74) is 8.04. The maximum atomic E-state index is 11.6. The molecule has 174 valence electrons. The number of azide groups is 1. The van der Waals surface area contributed by atoms with Crippen LogP contribution in [0.1, 0.15) is 0 Å². The lowest BCUT2D eigenvalue weighted by Gasteiger charge is -2.39. The SMILES string of the molecule is [N-]=[N+]=NCCOC(=O)NS(=O)(=O)NCCOCCO[C@@H]1O[C@H](CO)[C@@H](O)[C@H](O)[C@H]1O. The van der Waals surface area contributed by atoms with E-state index < -0.39 is 53.6 Å². The number of carbonyl (C=O) groups is 1. The quantitative estimate of drug-likeness (QED) is 0.0689. The largest absolute Gasteiger partial charge is 0.449 e. The Morgan fingerprint density at radius 1 is 1.13 bits per heavy atom. The lowest BCUT2D eigenvalue weighted by atomic mass is 9.99. The van der Waals surface area contributed by atoms with Crippen LogP contribution < -0.4 is 9.44 Å². The maximum absolute atomic E-state index is 11.6. The first-order valence-corrected chi connectivity index (χ1v) is 10.1. The highest BCUT2D eigenvalue weighted by atomic mass is 32.2. The first-order chi connectivity index (χ1) is 14.2. The van der Waals surface area contributed by atoms with Crippen LogP contribution in [0.5, 0.6) is 0 Å². The third kappa shape index (κ3) is 9.35. The van der Waals surface area contributed by atoms with E-state index in [1.165, 1.54) is 0 Å². The molecule has 16 nitrogen and oxygen atoms in total. The van der Waals surface area contributed by atoms with Gasteiger partial charge in [-0.2, -0.15) is 13.1 Å². The Kier molecular flexibility index (Phi) is 11.8. The van der Waals surface area contributed by atoms with Gasteiger partial charge >= 0.3 is 16.3 Å². The highest BCUT2D eigenvalue weighted by Gasteiger charge is 2.43. The molecule has 0 aromatic heterocycles. The molecule has 0 aromatic carbocycles. The Morgan fingerprint density at radius 2 is 1.87 bits per heavy atom. The predicted octanol–water partition coefficient (Wildman–Crippen LogP) is -3.31. The summed E-state index contributed by atoms with van der Waals surface area (Å²) in [5.74, 6) is 0. The van der Waals surface area contributed by atoms with Crippen molar-refractivity contribution >= 4 is 16.3 Å². The molecule has 1 saturated heterocycles. The van der Waals surface area contributed by atoms with E-state index in [0.29, 0.717) is 0 Å². The molecule has 1 fully saturated rings. The normalized spacial score (nSPS) is 26.6. The zero-order chi connectivity index (χ0) is 22.6. The molecule has 1 aliphatic rings. The smallest absolute Gasteiger partial charge is 0.421 e. The average molecular weight is 459 g/mol. The minimum Gasteiger partial charge on any atom is -0.449 e. The second-order valence-electron chi connectivity index (χ2n) is 5.77. The van der Waals surface area contributed by atoms with Gasteiger partial charge in [0.25, 0.3) is 0 Å². The second kappa shape index (κ2) is 13.5. The van der Waals surface area contributed by atoms with Crippen LogP contribution in [0.25, 0.3) is 10.4 Å². The molecule has 0 unspecified atom stereocenters. The number of amides is 1. The minimum atomic E-state index is -4.18. The molecule has 0 radical (unpaired) electrons. The van der Waals surface area contributed by atoms with Gasteiger partial charge in [-0.1, -0.05) is 5.11 Å². The van der Waals surface area contributed by atoms with E-state index in [9.17, 15) is 28.5 Å². The molecular formula is C13H25N5O11S. The van der Waals surface area contributed by atoms with Gasteiger partial charge in [0, 0.05) is 11.5 Å². The summed E-state index contributed by atoms with van der Waals surface area (Å²) in [5, 5.41) is 41.2. The number of aliphatic hydroxyl groups excluding tert-OH is 4. The Hall–Kier alpha value is -1.79. The van der Waals surface area contributed by atoms with Crippen LogP contribution in [0, 0.1) is 0 Å². The molecule has 0 aromatic rings. The van der Waals surface area contributed by atoms with E-state index in [4.69, 9.17) is 24.8 Å². The average Bonchev–Trinajstić information content (AvgIpc) is 2.69. The summed E-state index contributed by atoms with van der Waals surface area (Å²) in [7, 11) is -4.18. The third-order valence-corrected chi connectivity index (χ3v) is 4.62. The Balaban J connectivity index is 2.17. The van der Waals surface area contributed by atoms with Crippen LogP contribution in [0.2, 0.25) is 0 Å². The van der Waals surface area contributed by atoms with Crippen LogP contribution in [0.4, 0.5) is 4.79 Å². The number of nitrogens with zero attached hydrogens (tertiary/aromatic N) is 3. The van der Waals surface area contributed by atoms with E-state index in [0.717, 1.165) is 0 Å². The topological polar surface area (TPSA) is 242 Å². The second-order valence-corrected chi connectivity index (χ2v) is 7.27. The van der Waals surface area contributed by atoms with Gasteiger partial charge in [0.1, 0.15) is 24.4 Å². The van der Waals surface area contributed by atoms with Gasteiger partial charge in [-0.05, 0) is 5.53 Å². The molecule has 17 heteroatoms. The minimum absolute atomic E-state index is 0.0361. The zero-order valence-corrected chi connectivity index (χ0v) is 16.5. The lowest BCUT2D eigenvalue weighted by molar-refractivity contribution is -0.302. The summed E-state index contributed by atoms with van der Waals surface area (Å²) in [6.07, 6.45) is -8.23. The van der Waals surface area contributed by atoms with Gasteiger partial charge in [0.05, 0.1) is 39.6 Å². The van der Waals surface area contributed by atoms with Crippen molar-refractivity contribution in [2.75, 3.05) is 46.1 Å². The van der Waals surface area contributed by atoms with Crippen LogP contribution in [-0.2, 0) is 29.2 Å². The first kappa shape index (κ1) is 26.2. The number of rotatable bonds is 13. The van der Waals surface area contributed by atoms with Crippen molar-refractivity contribution in [2.24, 2.45) is 5.11 Å². The van der Waals surface area contributed by atoms with Gasteiger partial charge < -0.3 is 39.4 Å². The van der Waals surface area contributed by atoms with Crippen molar-refractivity contribution in [1.29, 1.82) is 0 Å². The number of nitrogens with one attached hydrogen (secondary N) is 2. The molecule has 5 atom stereocenters. The fraction of sp³-hybridized carbons (Fsp3) is 0.923. The molecular weight excluding hydrogens is 434 g/mol. The van der Waals surface area contributed by atoms with Crippen molar-refractivity contribution in [3.8, 4) is 0 Å². The predicted molar refractivity (Wildman–Crippen MR) is 96.0 cm³/mol. The summed E-state index contributed by atoms with van der Waals surface area (Å²) in [4.78, 5) is 13.7. The van der Waals surface area contributed by atoms with E-state index in [1.54, 1.807) is 4.72 Å². The molecule has 0 bridgehead atoms.